The first kappa shape index (κ1) is 22.3. The number of thiophene rings is 1. The van der Waals surface area contributed by atoms with Gasteiger partial charge in [-0.2, -0.15) is 0 Å². The second kappa shape index (κ2) is 11.8. The molecule has 0 spiro atoms. The van der Waals surface area contributed by atoms with Crippen LogP contribution in [0.25, 0.3) is 0 Å². The number of nitrogens with one attached hydrogen (secondary N) is 2. The molecule has 0 saturated carbocycles. The van der Waals surface area contributed by atoms with E-state index in [2.05, 4.69) is 38.0 Å². The number of hydrogen-bond donors (Lipinski definition) is 2. The molecule has 1 aliphatic rings. The summed E-state index contributed by atoms with van der Waals surface area (Å²) >= 11 is 3.52. The number of anilines is 1. The van der Waals surface area contributed by atoms with Gasteiger partial charge in [-0.15, -0.1) is 47.1 Å². The summed E-state index contributed by atoms with van der Waals surface area (Å²) in [5.74, 6) is 1.57. The van der Waals surface area contributed by atoms with E-state index in [1.54, 1.807) is 11.8 Å². The molecule has 2 heterocycles. The van der Waals surface area contributed by atoms with Crippen LogP contribution in [0.1, 0.15) is 12.8 Å². The summed E-state index contributed by atoms with van der Waals surface area (Å²) in [5, 5.41) is 10.4. The average Bonchev–Trinajstić information content (AvgIpc) is 3.21. The molecule has 1 aromatic heterocycles. The molecular formula is C19H26FIN4S2. The van der Waals surface area contributed by atoms with E-state index in [0.717, 1.165) is 49.1 Å². The fraction of sp³-hybridized carbons (Fsp3) is 0.421. The number of hydrogen-bond acceptors (Lipinski definition) is 4. The number of rotatable bonds is 6. The highest BCUT2D eigenvalue weighted by Crippen LogP contribution is 2.24. The largest absolute Gasteiger partial charge is 0.363 e. The van der Waals surface area contributed by atoms with E-state index in [0.29, 0.717) is 6.04 Å². The van der Waals surface area contributed by atoms with Gasteiger partial charge >= 0.3 is 0 Å². The number of halogens is 2. The highest BCUT2D eigenvalue weighted by atomic mass is 127. The third-order valence-electron chi connectivity index (χ3n) is 4.35. The molecule has 0 unspecified atom stereocenters. The smallest absolute Gasteiger partial charge is 0.191 e. The van der Waals surface area contributed by atoms with Crippen LogP contribution in [0, 0.1) is 5.82 Å². The van der Waals surface area contributed by atoms with E-state index in [1.165, 1.54) is 17.1 Å². The Morgan fingerprint density at radius 1 is 1.26 bits per heavy atom. The molecule has 0 bridgehead atoms. The molecule has 1 fully saturated rings. The second-order valence-electron chi connectivity index (χ2n) is 6.16. The van der Waals surface area contributed by atoms with Gasteiger partial charge in [-0.1, -0.05) is 0 Å². The van der Waals surface area contributed by atoms with Crippen LogP contribution in [-0.2, 0) is 0 Å². The van der Waals surface area contributed by atoms with Crippen molar-refractivity contribution >= 4 is 58.0 Å². The van der Waals surface area contributed by atoms with Gasteiger partial charge < -0.3 is 15.5 Å². The van der Waals surface area contributed by atoms with E-state index >= 15 is 0 Å². The quantitative estimate of drug-likeness (QED) is 0.195. The van der Waals surface area contributed by atoms with Gasteiger partial charge in [0.15, 0.2) is 5.96 Å². The summed E-state index contributed by atoms with van der Waals surface area (Å²) in [5.41, 5.74) is 0. The first-order valence-electron chi connectivity index (χ1n) is 8.88. The van der Waals surface area contributed by atoms with Crippen LogP contribution in [0.3, 0.4) is 0 Å². The Hall–Kier alpha value is -1.000. The van der Waals surface area contributed by atoms with Crippen LogP contribution in [0.4, 0.5) is 9.39 Å². The number of guanidine groups is 1. The van der Waals surface area contributed by atoms with Gasteiger partial charge in [0.2, 0.25) is 0 Å². The lowest BCUT2D eigenvalue weighted by atomic mass is 10.1. The summed E-state index contributed by atoms with van der Waals surface area (Å²) in [6, 6.07) is 11.4. The van der Waals surface area contributed by atoms with Gasteiger partial charge in [-0.05, 0) is 54.6 Å². The Kier molecular flexibility index (Phi) is 9.70. The first-order chi connectivity index (χ1) is 12.7. The minimum absolute atomic E-state index is 0. The summed E-state index contributed by atoms with van der Waals surface area (Å²) in [6.07, 6.45) is 2.23. The van der Waals surface area contributed by atoms with Crippen molar-refractivity contribution in [3.8, 4) is 0 Å². The molecule has 1 aliphatic heterocycles. The molecule has 2 N–H and O–H groups in total. The Morgan fingerprint density at radius 3 is 2.63 bits per heavy atom. The van der Waals surface area contributed by atoms with E-state index < -0.39 is 0 Å². The highest BCUT2D eigenvalue weighted by molar-refractivity contribution is 14.0. The fourth-order valence-electron chi connectivity index (χ4n) is 2.95. The molecule has 1 aromatic carbocycles. The maximum atomic E-state index is 12.9. The molecule has 1 saturated heterocycles. The van der Waals surface area contributed by atoms with Crippen molar-refractivity contribution in [2.24, 2.45) is 4.99 Å². The Balaban J connectivity index is 0.00000261. The monoisotopic (exact) mass is 520 g/mol. The van der Waals surface area contributed by atoms with Crippen molar-refractivity contribution in [2.75, 3.05) is 37.3 Å². The molecule has 8 heteroatoms. The Bertz CT molecular complexity index is 686. The zero-order valence-electron chi connectivity index (χ0n) is 15.4. The molecule has 0 amide bonds. The third-order valence-corrected chi connectivity index (χ3v) is 6.30. The van der Waals surface area contributed by atoms with Gasteiger partial charge in [0.1, 0.15) is 5.82 Å². The van der Waals surface area contributed by atoms with E-state index in [9.17, 15) is 4.39 Å². The summed E-state index contributed by atoms with van der Waals surface area (Å²) < 4.78 is 12.9. The molecule has 0 aliphatic carbocycles. The SMILES string of the molecule is CN=C(NCCSc1ccc(F)cc1)NC1CCN(c2cccs2)CC1.I. The third kappa shape index (κ3) is 7.15. The molecule has 2 aromatic rings. The van der Waals surface area contributed by atoms with Crippen LogP contribution < -0.4 is 15.5 Å². The lowest BCUT2D eigenvalue weighted by Crippen LogP contribution is -2.49. The van der Waals surface area contributed by atoms with Gasteiger partial charge in [0.05, 0.1) is 5.00 Å². The maximum Gasteiger partial charge on any atom is 0.191 e. The molecule has 0 radical (unpaired) electrons. The number of benzene rings is 1. The van der Waals surface area contributed by atoms with Crippen molar-refractivity contribution in [3.63, 3.8) is 0 Å². The van der Waals surface area contributed by atoms with Crippen molar-refractivity contribution in [1.82, 2.24) is 10.6 Å². The lowest BCUT2D eigenvalue weighted by molar-refractivity contribution is 0.463. The summed E-state index contributed by atoms with van der Waals surface area (Å²) in [6.45, 7) is 2.97. The zero-order valence-corrected chi connectivity index (χ0v) is 19.3. The number of thioether (sulfide) groups is 1. The normalized spacial score (nSPS) is 15.3. The topological polar surface area (TPSA) is 39.7 Å². The number of nitrogens with zero attached hydrogens (tertiary/aromatic N) is 2. The standard InChI is InChI=1S/C19H25FN4S2.HI/c1-21-19(22-10-14-25-17-6-4-15(20)5-7-17)23-16-8-11-24(12-9-16)18-3-2-13-26-18;/h2-7,13,16H,8-12,14H2,1H3,(H2,21,22,23);1H. The second-order valence-corrected chi connectivity index (χ2v) is 8.25. The maximum absolute atomic E-state index is 12.9. The van der Waals surface area contributed by atoms with Crippen molar-refractivity contribution in [2.45, 2.75) is 23.8 Å². The van der Waals surface area contributed by atoms with Crippen molar-refractivity contribution in [3.05, 3.63) is 47.6 Å². The lowest BCUT2D eigenvalue weighted by Gasteiger charge is -2.33. The van der Waals surface area contributed by atoms with Gasteiger partial charge in [-0.3, -0.25) is 4.99 Å². The highest BCUT2D eigenvalue weighted by Gasteiger charge is 2.20. The van der Waals surface area contributed by atoms with Crippen LogP contribution in [0.15, 0.2) is 51.7 Å². The van der Waals surface area contributed by atoms with Gasteiger partial charge in [0, 0.05) is 43.4 Å². The minimum atomic E-state index is -0.192. The van der Waals surface area contributed by atoms with Crippen LogP contribution in [-0.4, -0.2) is 44.4 Å². The van der Waals surface area contributed by atoms with E-state index in [-0.39, 0.29) is 29.8 Å². The molecule has 148 valence electrons. The molecule has 27 heavy (non-hydrogen) atoms. The van der Waals surface area contributed by atoms with Crippen molar-refractivity contribution < 1.29 is 4.39 Å². The first-order valence-corrected chi connectivity index (χ1v) is 10.7. The Morgan fingerprint density at radius 2 is 2.00 bits per heavy atom. The molecule has 0 atom stereocenters. The van der Waals surface area contributed by atoms with Gasteiger partial charge in [-0.25, -0.2) is 4.39 Å². The molecule has 4 nitrogen and oxygen atoms in total. The van der Waals surface area contributed by atoms with Crippen molar-refractivity contribution in [1.29, 1.82) is 0 Å². The van der Waals surface area contributed by atoms with Gasteiger partial charge in [0.25, 0.3) is 0 Å². The van der Waals surface area contributed by atoms with Crippen LogP contribution in [0.5, 0.6) is 0 Å². The Labute approximate surface area is 186 Å². The average molecular weight is 520 g/mol. The number of piperidine rings is 1. The molecule has 3 rings (SSSR count). The predicted molar refractivity (Wildman–Crippen MR) is 127 cm³/mol. The zero-order chi connectivity index (χ0) is 18.2. The van der Waals surface area contributed by atoms with Crippen LogP contribution >= 0.6 is 47.1 Å². The summed E-state index contributed by atoms with van der Waals surface area (Å²) in [7, 11) is 1.81. The number of aliphatic imine (C=N–C) groups is 1. The molecular weight excluding hydrogens is 494 g/mol. The fourth-order valence-corrected chi connectivity index (χ4v) is 4.50. The van der Waals surface area contributed by atoms with Crippen LogP contribution in [0.2, 0.25) is 0 Å². The minimum Gasteiger partial charge on any atom is -0.363 e. The van der Waals surface area contributed by atoms with E-state index in [1.807, 2.05) is 30.5 Å². The van der Waals surface area contributed by atoms with E-state index in [4.69, 9.17) is 0 Å². The predicted octanol–water partition coefficient (Wildman–Crippen LogP) is 4.43. The summed E-state index contributed by atoms with van der Waals surface area (Å²) in [4.78, 5) is 7.87.